The van der Waals surface area contributed by atoms with E-state index in [4.69, 9.17) is 9.05 Å². The molecule has 0 saturated carbocycles. The second-order valence-electron chi connectivity index (χ2n) is 5.27. The Morgan fingerprint density at radius 3 is 1.33 bits per heavy atom. The molecule has 128 valence electrons. The van der Waals surface area contributed by atoms with Crippen molar-refractivity contribution in [1.29, 1.82) is 0 Å². The van der Waals surface area contributed by atoms with Gasteiger partial charge in [-0.15, -0.1) is 0 Å². The first-order valence-electron chi connectivity index (χ1n) is 7.32. The SMILES string of the molecule is Cc1noc(C)c1[C@@H](C)N=C=S.Cc1noc(C)c1[C@H](C)N=C=S. The number of aryl methyl sites for hydroxylation is 4. The fourth-order valence-corrected chi connectivity index (χ4v) is 2.78. The Morgan fingerprint density at radius 1 is 0.792 bits per heavy atom. The molecule has 2 rings (SSSR count). The lowest BCUT2D eigenvalue weighted by Gasteiger charge is -2.01. The molecule has 24 heavy (non-hydrogen) atoms. The number of isothiocyanates is 2. The molecule has 0 fully saturated rings. The van der Waals surface area contributed by atoms with E-state index < -0.39 is 0 Å². The number of thiocarbonyl (C=S) groups is 2. The van der Waals surface area contributed by atoms with Gasteiger partial charge in [-0.1, -0.05) is 10.3 Å². The molecule has 0 spiro atoms. The van der Waals surface area contributed by atoms with Gasteiger partial charge in [0, 0.05) is 11.1 Å². The molecule has 0 aliphatic carbocycles. The summed E-state index contributed by atoms with van der Waals surface area (Å²) in [7, 11) is 0. The third kappa shape index (κ3) is 5.01. The monoisotopic (exact) mass is 364 g/mol. The van der Waals surface area contributed by atoms with Crippen molar-refractivity contribution in [3.63, 3.8) is 0 Å². The molecule has 0 amide bonds. The van der Waals surface area contributed by atoms with Crippen LogP contribution >= 0.6 is 24.4 Å². The van der Waals surface area contributed by atoms with Gasteiger partial charge in [0.25, 0.3) is 0 Å². The third-order valence-electron chi connectivity index (χ3n) is 3.51. The van der Waals surface area contributed by atoms with Crippen LogP contribution in [0.3, 0.4) is 0 Å². The Hall–Kier alpha value is -1.98. The number of nitrogens with zero attached hydrogens (tertiary/aromatic N) is 4. The van der Waals surface area contributed by atoms with Crippen LogP contribution < -0.4 is 0 Å². The van der Waals surface area contributed by atoms with Gasteiger partial charge >= 0.3 is 0 Å². The molecule has 0 aliphatic rings. The number of hydrogen-bond donors (Lipinski definition) is 0. The average Bonchev–Trinajstić information content (AvgIpc) is 3.02. The van der Waals surface area contributed by atoms with Gasteiger partial charge in [0.15, 0.2) is 0 Å². The predicted molar refractivity (Wildman–Crippen MR) is 98.8 cm³/mol. The summed E-state index contributed by atoms with van der Waals surface area (Å²) in [4.78, 5) is 7.91. The van der Waals surface area contributed by atoms with Gasteiger partial charge in [-0.05, 0) is 66.0 Å². The molecule has 0 unspecified atom stereocenters. The number of hydrogen-bond acceptors (Lipinski definition) is 8. The van der Waals surface area contributed by atoms with E-state index in [1.165, 1.54) is 0 Å². The topological polar surface area (TPSA) is 76.8 Å². The second-order valence-corrected chi connectivity index (χ2v) is 5.63. The van der Waals surface area contributed by atoms with Crippen LogP contribution in [-0.4, -0.2) is 20.6 Å². The van der Waals surface area contributed by atoms with Gasteiger partial charge in [-0.2, -0.15) is 0 Å². The van der Waals surface area contributed by atoms with Crippen molar-refractivity contribution in [3.05, 3.63) is 34.0 Å². The zero-order valence-corrected chi connectivity index (χ0v) is 16.2. The first-order valence-corrected chi connectivity index (χ1v) is 8.14. The molecule has 8 heteroatoms. The Bertz CT molecular complexity index is 679. The van der Waals surface area contributed by atoms with Gasteiger partial charge in [0.2, 0.25) is 0 Å². The van der Waals surface area contributed by atoms with Crippen LogP contribution in [0.5, 0.6) is 0 Å². The van der Waals surface area contributed by atoms with Crippen molar-refractivity contribution >= 4 is 34.8 Å². The van der Waals surface area contributed by atoms with Crippen LogP contribution in [0.2, 0.25) is 0 Å². The zero-order valence-electron chi connectivity index (χ0n) is 14.6. The maximum absolute atomic E-state index is 4.99. The van der Waals surface area contributed by atoms with Crippen molar-refractivity contribution < 1.29 is 9.05 Å². The maximum atomic E-state index is 4.99. The van der Waals surface area contributed by atoms with Crippen molar-refractivity contribution in [3.8, 4) is 0 Å². The Kier molecular flexibility index (Phi) is 7.82. The molecule has 0 bridgehead atoms. The molecule has 2 heterocycles. The van der Waals surface area contributed by atoms with Crippen LogP contribution in [-0.2, 0) is 0 Å². The van der Waals surface area contributed by atoms with Crippen molar-refractivity contribution in [2.24, 2.45) is 9.98 Å². The van der Waals surface area contributed by atoms with Crippen LogP contribution in [0.25, 0.3) is 0 Å². The van der Waals surface area contributed by atoms with Gasteiger partial charge in [-0.25, -0.2) is 9.98 Å². The smallest absolute Gasteiger partial charge is 0.139 e. The lowest BCUT2D eigenvalue weighted by atomic mass is 10.1. The largest absolute Gasteiger partial charge is 0.361 e. The minimum atomic E-state index is -0.00579. The van der Waals surface area contributed by atoms with E-state index in [0.29, 0.717) is 0 Å². The van der Waals surface area contributed by atoms with Crippen molar-refractivity contribution in [1.82, 2.24) is 10.3 Å². The Morgan fingerprint density at radius 2 is 1.12 bits per heavy atom. The van der Waals surface area contributed by atoms with E-state index in [2.05, 4.69) is 55.1 Å². The van der Waals surface area contributed by atoms with E-state index in [1.807, 2.05) is 41.5 Å². The van der Waals surface area contributed by atoms with Gasteiger partial charge in [0.1, 0.15) is 11.5 Å². The summed E-state index contributed by atoms with van der Waals surface area (Å²) in [5.41, 5.74) is 3.75. The highest BCUT2D eigenvalue weighted by atomic mass is 32.1. The standard InChI is InChI=1S/2C8H10N2OS/c2*1-5(9-4-12)8-6(2)10-11-7(8)3/h2*5H,1-3H3/t2*5-/m10/s1. The first-order chi connectivity index (χ1) is 11.3. The molecule has 0 aliphatic heterocycles. The second kappa shape index (κ2) is 9.35. The van der Waals surface area contributed by atoms with Crippen LogP contribution in [0, 0.1) is 27.7 Å². The van der Waals surface area contributed by atoms with Crippen LogP contribution in [0.1, 0.15) is 60.0 Å². The molecule has 2 atom stereocenters. The summed E-state index contributed by atoms with van der Waals surface area (Å²) in [5.74, 6) is 1.60. The fourth-order valence-electron chi connectivity index (χ4n) is 2.46. The fraction of sp³-hybridized carbons (Fsp3) is 0.500. The molecular weight excluding hydrogens is 344 g/mol. The van der Waals surface area contributed by atoms with Gasteiger partial charge in [0.05, 0.1) is 33.8 Å². The number of rotatable bonds is 4. The van der Waals surface area contributed by atoms with E-state index >= 15 is 0 Å². The van der Waals surface area contributed by atoms with Crippen molar-refractivity contribution in [2.45, 2.75) is 53.6 Å². The van der Waals surface area contributed by atoms with Gasteiger partial charge in [-0.3, -0.25) is 0 Å². The molecule has 6 nitrogen and oxygen atoms in total. The number of aliphatic imine (C=N–C) groups is 2. The molecule has 0 N–H and O–H groups in total. The van der Waals surface area contributed by atoms with Crippen LogP contribution in [0.15, 0.2) is 19.0 Å². The summed E-state index contributed by atoms with van der Waals surface area (Å²) < 4.78 is 9.98. The van der Waals surface area contributed by atoms with E-state index in [1.54, 1.807) is 0 Å². The third-order valence-corrected chi connectivity index (χ3v) is 3.72. The van der Waals surface area contributed by atoms with Crippen molar-refractivity contribution in [2.75, 3.05) is 0 Å². The Balaban J connectivity index is 0.000000240. The molecule has 0 aromatic carbocycles. The van der Waals surface area contributed by atoms with Crippen LogP contribution in [0.4, 0.5) is 0 Å². The summed E-state index contributed by atoms with van der Waals surface area (Å²) in [5, 5.41) is 12.3. The quantitative estimate of drug-likeness (QED) is 0.566. The molecule has 0 saturated heterocycles. The van der Waals surface area contributed by atoms with Gasteiger partial charge < -0.3 is 9.05 Å². The molecule has 2 aromatic rings. The minimum Gasteiger partial charge on any atom is -0.361 e. The summed E-state index contributed by atoms with van der Waals surface area (Å²) in [6, 6.07) is -0.0116. The molecule has 0 radical (unpaired) electrons. The lowest BCUT2D eigenvalue weighted by molar-refractivity contribution is 0.391. The minimum absolute atomic E-state index is 0.00579. The van der Waals surface area contributed by atoms with E-state index in [-0.39, 0.29) is 12.1 Å². The molecule has 2 aromatic heterocycles. The highest BCUT2D eigenvalue weighted by molar-refractivity contribution is 7.78. The maximum Gasteiger partial charge on any atom is 0.139 e. The lowest BCUT2D eigenvalue weighted by Crippen LogP contribution is -1.92. The molecular formula is C16H20N4O2S2. The zero-order chi connectivity index (χ0) is 18.3. The summed E-state index contributed by atoms with van der Waals surface area (Å²) >= 11 is 9.04. The number of aromatic nitrogens is 2. The highest BCUT2D eigenvalue weighted by Gasteiger charge is 2.15. The predicted octanol–water partition coefficient (Wildman–Crippen LogP) is 4.91. The normalized spacial score (nSPS) is 12.2. The first kappa shape index (κ1) is 20.1. The summed E-state index contributed by atoms with van der Waals surface area (Å²) in [6.07, 6.45) is 0. The van der Waals surface area contributed by atoms with E-state index in [9.17, 15) is 0 Å². The highest BCUT2D eigenvalue weighted by Crippen LogP contribution is 2.24. The van der Waals surface area contributed by atoms with E-state index in [0.717, 1.165) is 34.0 Å². The summed E-state index contributed by atoms with van der Waals surface area (Å²) in [6.45, 7) is 11.4. The Labute approximate surface area is 152 Å². The average molecular weight is 364 g/mol.